The van der Waals surface area contributed by atoms with Crippen LogP contribution in [0.5, 0.6) is 0 Å². The zero-order chi connectivity index (χ0) is 17.9. The van der Waals surface area contributed by atoms with Crippen LogP contribution in [0, 0.1) is 6.92 Å². The number of fused-ring (bicyclic) bond motifs is 1. The fourth-order valence-corrected chi connectivity index (χ4v) is 4.14. The Kier molecular flexibility index (Phi) is 4.80. The summed E-state index contributed by atoms with van der Waals surface area (Å²) in [5.74, 6) is 1.23. The first-order valence-corrected chi connectivity index (χ1v) is 9.85. The number of rotatable bonds is 5. The molecule has 0 radical (unpaired) electrons. The molecule has 0 spiro atoms. The molecule has 2 aromatic carbocycles. The highest BCUT2D eigenvalue weighted by Gasteiger charge is 2.24. The van der Waals surface area contributed by atoms with Gasteiger partial charge in [0.25, 0.3) is 0 Å². The number of carbonyl (C=O) groups is 1. The average molecular weight is 363 g/mol. The van der Waals surface area contributed by atoms with E-state index in [4.69, 9.17) is 5.10 Å². The standard InChI is InChI=1S/C21H21N3OS/c1-15-8-5-6-13-19(15)26-14-20(25)22-21-17-11-7-12-18(17)23-24(21)16-9-3-2-4-10-16/h2-6,8-10,13H,7,11-12,14H2,1H3,(H,22,25). The number of carbonyl (C=O) groups excluding carboxylic acids is 1. The van der Waals surface area contributed by atoms with Crippen LogP contribution in [0.15, 0.2) is 59.5 Å². The molecule has 1 aromatic heterocycles. The van der Waals surface area contributed by atoms with E-state index < -0.39 is 0 Å². The Labute approximate surface area is 157 Å². The number of amides is 1. The minimum Gasteiger partial charge on any atom is -0.310 e. The largest absolute Gasteiger partial charge is 0.310 e. The summed E-state index contributed by atoms with van der Waals surface area (Å²) >= 11 is 1.57. The van der Waals surface area contributed by atoms with Gasteiger partial charge in [-0.15, -0.1) is 11.8 Å². The Bertz CT molecular complexity index is 934. The first kappa shape index (κ1) is 16.9. The number of nitrogens with one attached hydrogen (secondary N) is 1. The molecule has 0 fully saturated rings. The molecule has 0 unspecified atom stereocenters. The average Bonchev–Trinajstić information content (AvgIpc) is 3.24. The topological polar surface area (TPSA) is 46.9 Å². The van der Waals surface area contributed by atoms with Gasteiger partial charge in [-0.1, -0.05) is 36.4 Å². The lowest BCUT2D eigenvalue weighted by molar-refractivity contribution is -0.113. The summed E-state index contributed by atoms with van der Waals surface area (Å²) in [7, 11) is 0. The molecule has 0 saturated heterocycles. The van der Waals surface area contributed by atoms with Gasteiger partial charge >= 0.3 is 0 Å². The van der Waals surface area contributed by atoms with E-state index in [1.54, 1.807) is 11.8 Å². The number of benzene rings is 2. The van der Waals surface area contributed by atoms with Crippen molar-refractivity contribution < 1.29 is 4.79 Å². The fourth-order valence-electron chi connectivity index (χ4n) is 3.31. The van der Waals surface area contributed by atoms with E-state index in [-0.39, 0.29) is 5.91 Å². The van der Waals surface area contributed by atoms with Gasteiger partial charge in [0, 0.05) is 10.5 Å². The van der Waals surface area contributed by atoms with E-state index in [1.165, 1.54) is 11.1 Å². The highest BCUT2D eigenvalue weighted by molar-refractivity contribution is 8.00. The van der Waals surface area contributed by atoms with Gasteiger partial charge in [-0.25, -0.2) is 4.68 Å². The molecule has 3 aromatic rings. The van der Waals surface area contributed by atoms with Crippen molar-refractivity contribution in [3.63, 3.8) is 0 Å². The van der Waals surface area contributed by atoms with Crippen molar-refractivity contribution in [2.24, 2.45) is 0 Å². The van der Waals surface area contributed by atoms with Crippen molar-refractivity contribution in [1.82, 2.24) is 9.78 Å². The van der Waals surface area contributed by atoms with Crippen LogP contribution in [-0.4, -0.2) is 21.4 Å². The molecule has 0 atom stereocenters. The summed E-state index contributed by atoms with van der Waals surface area (Å²) in [4.78, 5) is 13.7. The first-order valence-electron chi connectivity index (χ1n) is 8.87. The van der Waals surface area contributed by atoms with Crippen LogP contribution in [0.25, 0.3) is 5.69 Å². The van der Waals surface area contributed by atoms with Crippen LogP contribution >= 0.6 is 11.8 Å². The molecule has 132 valence electrons. The maximum absolute atomic E-state index is 12.6. The number of para-hydroxylation sites is 1. The van der Waals surface area contributed by atoms with Crippen molar-refractivity contribution in [1.29, 1.82) is 0 Å². The number of anilines is 1. The number of aromatic nitrogens is 2. The number of hydrogen-bond donors (Lipinski definition) is 1. The molecule has 4 rings (SSSR count). The summed E-state index contributed by atoms with van der Waals surface area (Å²) in [5, 5.41) is 7.86. The summed E-state index contributed by atoms with van der Waals surface area (Å²) in [5.41, 5.74) is 4.46. The van der Waals surface area contributed by atoms with E-state index >= 15 is 0 Å². The van der Waals surface area contributed by atoms with E-state index in [2.05, 4.69) is 24.4 Å². The summed E-state index contributed by atoms with van der Waals surface area (Å²) in [6.07, 6.45) is 3.06. The second kappa shape index (κ2) is 7.38. The highest BCUT2D eigenvalue weighted by Crippen LogP contribution is 2.31. The third-order valence-corrected chi connectivity index (χ3v) is 5.79. The lowest BCUT2D eigenvalue weighted by Gasteiger charge is -2.11. The second-order valence-corrected chi connectivity index (χ2v) is 7.49. The van der Waals surface area contributed by atoms with Crippen molar-refractivity contribution in [2.75, 3.05) is 11.1 Å². The molecular weight excluding hydrogens is 342 g/mol. The normalized spacial score (nSPS) is 12.8. The van der Waals surface area contributed by atoms with Gasteiger partial charge in [0.1, 0.15) is 5.82 Å². The molecule has 1 aliphatic carbocycles. The first-order chi connectivity index (χ1) is 12.7. The van der Waals surface area contributed by atoms with Crippen molar-refractivity contribution >= 4 is 23.5 Å². The van der Waals surface area contributed by atoms with Crippen LogP contribution in [0.1, 0.15) is 23.2 Å². The van der Waals surface area contributed by atoms with Gasteiger partial charge in [0.2, 0.25) is 5.91 Å². The maximum Gasteiger partial charge on any atom is 0.235 e. The molecular formula is C21H21N3OS. The third kappa shape index (κ3) is 3.40. The second-order valence-electron chi connectivity index (χ2n) is 6.48. The monoisotopic (exact) mass is 363 g/mol. The number of thioether (sulfide) groups is 1. The Morgan fingerprint density at radius 2 is 1.88 bits per heavy atom. The Morgan fingerprint density at radius 1 is 1.12 bits per heavy atom. The summed E-state index contributed by atoms with van der Waals surface area (Å²) in [6, 6.07) is 18.1. The van der Waals surface area contributed by atoms with Gasteiger partial charge in [-0.3, -0.25) is 4.79 Å². The summed E-state index contributed by atoms with van der Waals surface area (Å²) < 4.78 is 1.88. The van der Waals surface area contributed by atoms with Gasteiger partial charge < -0.3 is 5.32 Å². The molecule has 4 nitrogen and oxygen atoms in total. The number of nitrogens with zero attached hydrogens (tertiary/aromatic N) is 2. The van der Waals surface area contributed by atoms with Crippen LogP contribution in [0.3, 0.4) is 0 Å². The zero-order valence-corrected chi connectivity index (χ0v) is 15.6. The number of aryl methyl sites for hydroxylation is 2. The van der Waals surface area contributed by atoms with Crippen molar-refractivity contribution in [3.8, 4) is 5.69 Å². The zero-order valence-electron chi connectivity index (χ0n) is 14.7. The quantitative estimate of drug-likeness (QED) is 0.684. The SMILES string of the molecule is Cc1ccccc1SCC(=O)Nc1c2c(nn1-c1ccccc1)CCC2. The van der Waals surface area contributed by atoms with E-state index in [0.717, 1.165) is 41.4 Å². The van der Waals surface area contributed by atoms with Crippen molar-refractivity contribution in [2.45, 2.75) is 31.1 Å². The molecule has 5 heteroatoms. The number of hydrogen-bond acceptors (Lipinski definition) is 3. The van der Waals surface area contributed by atoms with E-state index in [0.29, 0.717) is 5.75 Å². The van der Waals surface area contributed by atoms with E-state index in [9.17, 15) is 4.79 Å². The van der Waals surface area contributed by atoms with Gasteiger partial charge in [0.05, 0.1) is 17.1 Å². The van der Waals surface area contributed by atoms with Crippen molar-refractivity contribution in [3.05, 3.63) is 71.4 Å². The molecule has 0 saturated carbocycles. The lowest BCUT2D eigenvalue weighted by Crippen LogP contribution is -2.18. The minimum atomic E-state index is 0.00466. The predicted molar refractivity (Wildman–Crippen MR) is 106 cm³/mol. The van der Waals surface area contributed by atoms with Crippen LogP contribution in [0.2, 0.25) is 0 Å². The molecule has 0 aliphatic heterocycles. The third-order valence-electron chi connectivity index (χ3n) is 4.62. The summed E-state index contributed by atoms with van der Waals surface area (Å²) in [6.45, 7) is 2.07. The van der Waals surface area contributed by atoms with Gasteiger partial charge in [-0.05, 0) is 49.9 Å². The molecule has 0 bridgehead atoms. The molecule has 1 aliphatic rings. The fraction of sp³-hybridized carbons (Fsp3) is 0.238. The van der Waals surface area contributed by atoms with Crippen LogP contribution < -0.4 is 5.32 Å². The lowest BCUT2D eigenvalue weighted by atomic mass is 10.2. The molecule has 1 heterocycles. The molecule has 1 amide bonds. The Hall–Kier alpha value is -2.53. The van der Waals surface area contributed by atoms with Gasteiger partial charge in [0.15, 0.2) is 0 Å². The predicted octanol–water partition coefficient (Wildman–Crippen LogP) is 4.40. The molecule has 1 N–H and O–H groups in total. The maximum atomic E-state index is 12.6. The Morgan fingerprint density at radius 3 is 2.69 bits per heavy atom. The smallest absolute Gasteiger partial charge is 0.235 e. The van der Waals surface area contributed by atoms with Gasteiger partial charge in [-0.2, -0.15) is 5.10 Å². The van der Waals surface area contributed by atoms with E-state index in [1.807, 2.05) is 47.1 Å². The van der Waals surface area contributed by atoms with Crippen LogP contribution in [0.4, 0.5) is 5.82 Å². The highest BCUT2D eigenvalue weighted by atomic mass is 32.2. The molecule has 26 heavy (non-hydrogen) atoms. The van der Waals surface area contributed by atoms with Crippen LogP contribution in [-0.2, 0) is 17.6 Å². The minimum absolute atomic E-state index is 0.00466. The Balaban J connectivity index is 1.54.